The first-order valence-corrected chi connectivity index (χ1v) is 9.87. The smallest absolute Gasteiger partial charge is 0.331 e. The largest absolute Gasteiger partial charge is 0.453 e. The molecule has 29 heavy (non-hydrogen) atoms. The zero-order valence-electron chi connectivity index (χ0n) is 17.4. The zero-order chi connectivity index (χ0) is 20.8. The number of hydrogen-bond donors (Lipinski definition) is 0. The second-order valence-electron chi connectivity index (χ2n) is 8.48. The minimum atomic E-state index is -0.830. The van der Waals surface area contributed by atoms with Gasteiger partial charge in [-0.2, -0.15) is 0 Å². The molecule has 0 unspecified atom stereocenters. The second-order valence-corrected chi connectivity index (χ2v) is 8.48. The maximum Gasteiger partial charge on any atom is 0.331 e. The Balaban J connectivity index is 1.57. The summed E-state index contributed by atoms with van der Waals surface area (Å²) < 4.78 is 35.9. The van der Waals surface area contributed by atoms with Gasteiger partial charge in [0.2, 0.25) is 0 Å². The van der Waals surface area contributed by atoms with Gasteiger partial charge in [0.05, 0.1) is 0 Å². The van der Waals surface area contributed by atoms with E-state index in [1.54, 1.807) is 13.2 Å². The first-order chi connectivity index (χ1) is 13.7. The molecule has 1 aromatic carbocycles. The Labute approximate surface area is 170 Å². The summed E-state index contributed by atoms with van der Waals surface area (Å²) in [5.74, 6) is -2.10. The first-order valence-electron chi connectivity index (χ1n) is 9.87. The predicted molar refractivity (Wildman–Crippen MR) is 104 cm³/mol. The van der Waals surface area contributed by atoms with Crippen LogP contribution in [0.4, 0.5) is 0 Å². The fourth-order valence-electron chi connectivity index (χ4n) is 4.33. The number of methoxy groups -OCH3 is 1. The third kappa shape index (κ3) is 4.11. The van der Waals surface area contributed by atoms with Gasteiger partial charge >= 0.3 is 5.97 Å². The van der Waals surface area contributed by atoms with Crippen LogP contribution in [0.25, 0.3) is 6.08 Å². The van der Waals surface area contributed by atoms with E-state index in [-0.39, 0.29) is 6.10 Å². The number of carbonyl (C=O) groups is 1. The van der Waals surface area contributed by atoms with Crippen LogP contribution in [0.15, 0.2) is 36.4 Å². The van der Waals surface area contributed by atoms with E-state index in [4.69, 9.17) is 28.4 Å². The van der Waals surface area contributed by atoms with Crippen molar-refractivity contribution in [3.8, 4) is 0 Å². The molecule has 3 aliphatic rings. The summed E-state index contributed by atoms with van der Waals surface area (Å²) in [6, 6.07) is 9.55. The summed E-state index contributed by atoms with van der Waals surface area (Å²) >= 11 is 0. The molecule has 7 heteroatoms. The van der Waals surface area contributed by atoms with Crippen molar-refractivity contribution in [3.63, 3.8) is 0 Å². The molecule has 7 nitrogen and oxygen atoms in total. The van der Waals surface area contributed by atoms with E-state index in [0.29, 0.717) is 0 Å². The topological polar surface area (TPSA) is 72.5 Å². The number of rotatable bonds is 4. The number of esters is 1. The summed E-state index contributed by atoms with van der Waals surface area (Å²) in [4.78, 5) is 12.6. The van der Waals surface area contributed by atoms with Crippen LogP contribution in [-0.4, -0.2) is 61.3 Å². The van der Waals surface area contributed by atoms with E-state index in [1.807, 2.05) is 58.0 Å². The minimum absolute atomic E-state index is 0.378. The average molecular weight is 404 g/mol. The maximum atomic E-state index is 12.6. The van der Waals surface area contributed by atoms with Gasteiger partial charge in [0.15, 0.2) is 17.7 Å². The number of benzene rings is 1. The lowest BCUT2D eigenvalue weighted by atomic mass is 9.84. The van der Waals surface area contributed by atoms with Crippen LogP contribution in [0.3, 0.4) is 0 Å². The molecule has 0 amide bonds. The van der Waals surface area contributed by atoms with Gasteiger partial charge in [-0.15, -0.1) is 0 Å². The standard InChI is InChI=1S/C22H28O7/c1-21(2)26-17-15(24-5)16(18-20(19(17)28-21)29-22(3,4)27-18)25-14(23)12-11-13-9-7-6-8-10-13/h6-12,15-20H,1-5H3/b12-11+/t15-,16-,17+,18+,19+,20+/m0/s1. The van der Waals surface area contributed by atoms with E-state index < -0.39 is 48.1 Å². The van der Waals surface area contributed by atoms with Gasteiger partial charge < -0.3 is 28.4 Å². The van der Waals surface area contributed by atoms with Crippen molar-refractivity contribution < 1.29 is 33.2 Å². The molecule has 2 aliphatic heterocycles. The van der Waals surface area contributed by atoms with E-state index in [1.165, 1.54) is 6.08 Å². The van der Waals surface area contributed by atoms with Crippen LogP contribution >= 0.6 is 0 Å². The highest BCUT2D eigenvalue weighted by atomic mass is 16.8. The minimum Gasteiger partial charge on any atom is -0.453 e. The summed E-state index contributed by atoms with van der Waals surface area (Å²) in [6.07, 6.45) is 0.0951. The van der Waals surface area contributed by atoms with Gasteiger partial charge in [0.25, 0.3) is 0 Å². The lowest BCUT2D eigenvalue weighted by Crippen LogP contribution is -2.63. The molecule has 6 atom stereocenters. The Bertz CT molecular complexity index is 773. The Kier molecular flexibility index (Phi) is 5.29. The number of ether oxygens (including phenoxy) is 6. The van der Waals surface area contributed by atoms with E-state index in [9.17, 15) is 4.79 Å². The molecule has 3 fully saturated rings. The molecule has 1 saturated carbocycles. The van der Waals surface area contributed by atoms with Crippen molar-refractivity contribution in [1.29, 1.82) is 0 Å². The normalized spacial score (nSPS) is 37.3. The van der Waals surface area contributed by atoms with Crippen molar-refractivity contribution in [3.05, 3.63) is 42.0 Å². The van der Waals surface area contributed by atoms with E-state index in [0.717, 1.165) is 5.56 Å². The van der Waals surface area contributed by atoms with Crippen molar-refractivity contribution in [1.82, 2.24) is 0 Å². The third-order valence-corrected chi connectivity index (χ3v) is 5.36. The molecule has 0 N–H and O–H groups in total. The SMILES string of the molecule is CO[C@H]1[C@H](OC(=O)/C=C/c2ccccc2)[C@H]2OC(C)(C)O[C@H]2[C@@H]2OC(C)(C)O[C@H]12. The highest BCUT2D eigenvalue weighted by Crippen LogP contribution is 2.46. The highest BCUT2D eigenvalue weighted by molar-refractivity contribution is 5.87. The molecular formula is C22H28O7. The average Bonchev–Trinajstić information content (AvgIpc) is 3.16. The molecule has 2 heterocycles. The third-order valence-electron chi connectivity index (χ3n) is 5.36. The fraction of sp³-hybridized carbons (Fsp3) is 0.591. The molecule has 0 radical (unpaired) electrons. The van der Waals surface area contributed by atoms with Crippen LogP contribution in [0.5, 0.6) is 0 Å². The summed E-state index contributed by atoms with van der Waals surface area (Å²) in [5.41, 5.74) is 0.908. The number of carbonyl (C=O) groups excluding carboxylic acids is 1. The van der Waals surface area contributed by atoms with E-state index in [2.05, 4.69) is 0 Å². The molecule has 2 saturated heterocycles. The lowest BCUT2D eigenvalue weighted by molar-refractivity contribution is -0.201. The van der Waals surface area contributed by atoms with Gasteiger partial charge in [-0.05, 0) is 39.3 Å². The maximum absolute atomic E-state index is 12.6. The molecule has 0 bridgehead atoms. The Morgan fingerprint density at radius 2 is 1.38 bits per heavy atom. The summed E-state index contributed by atoms with van der Waals surface area (Å²) in [7, 11) is 1.57. The van der Waals surface area contributed by atoms with E-state index >= 15 is 0 Å². The lowest BCUT2D eigenvalue weighted by Gasteiger charge is -2.41. The van der Waals surface area contributed by atoms with Gasteiger partial charge in [0.1, 0.15) is 30.5 Å². The van der Waals surface area contributed by atoms with Gasteiger partial charge in [-0.1, -0.05) is 30.3 Å². The van der Waals surface area contributed by atoms with Crippen LogP contribution in [0.1, 0.15) is 33.3 Å². The molecule has 1 aliphatic carbocycles. The monoisotopic (exact) mass is 404 g/mol. The second kappa shape index (κ2) is 7.49. The van der Waals surface area contributed by atoms with Crippen molar-refractivity contribution in [2.75, 3.05) is 7.11 Å². The number of hydrogen-bond acceptors (Lipinski definition) is 7. The fourth-order valence-corrected chi connectivity index (χ4v) is 4.33. The van der Waals surface area contributed by atoms with Crippen LogP contribution in [0, 0.1) is 0 Å². The number of fused-ring (bicyclic) bond motifs is 3. The van der Waals surface area contributed by atoms with Crippen LogP contribution < -0.4 is 0 Å². The van der Waals surface area contributed by atoms with Gasteiger partial charge in [-0.3, -0.25) is 0 Å². The first kappa shape index (κ1) is 20.5. The van der Waals surface area contributed by atoms with Gasteiger partial charge in [0, 0.05) is 13.2 Å². The quantitative estimate of drug-likeness (QED) is 0.564. The molecule has 0 spiro atoms. The molecule has 0 aromatic heterocycles. The molecule has 158 valence electrons. The Morgan fingerprint density at radius 3 is 1.93 bits per heavy atom. The Hall–Kier alpha value is -1.77. The predicted octanol–water partition coefficient (Wildman–Crippen LogP) is 2.68. The van der Waals surface area contributed by atoms with Gasteiger partial charge in [-0.25, -0.2) is 4.79 Å². The van der Waals surface area contributed by atoms with Crippen LogP contribution in [0.2, 0.25) is 0 Å². The molecular weight excluding hydrogens is 376 g/mol. The Morgan fingerprint density at radius 1 is 0.862 bits per heavy atom. The summed E-state index contributed by atoms with van der Waals surface area (Å²) in [5, 5.41) is 0. The zero-order valence-corrected chi connectivity index (χ0v) is 17.4. The van der Waals surface area contributed by atoms with Crippen molar-refractivity contribution in [2.45, 2.75) is 75.9 Å². The molecule has 4 rings (SSSR count). The highest BCUT2D eigenvalue weighted by Gasteiger charge is 2.64. The molecule has 1 aromatic rings. The van der Waals surface area contributed by atoms with Crippen molar-refractivity contribution >= 4 is 12.0 Å². The summed E-state index contributed by atoms with van der Waals surface area (Å²) in [6.45, 7) is 7.35. The van der Waals surface area contributed by atoms with Crippen LogP contribution in [-0.2, 0) is 33.2 Å². The van der Waals surface area contributed by atoms with Crippen molar-refractivity contribution in [2.24, 2.45) is 0 Å².